The van der Waals surface area contributed by atoms with Gasteiger partial charge >= 0.3 is 12.1 Å². The molecule has 0 spiro atoms. The first-order chi connectivity index (χ1) is 21.6. The van der Waals surface area contributed by atoms with Crippen molar-refractivity contribution in [3.8, 4) is 5.75 Å². The Morgan fingerprint density at radius 2 is 1.61 bits per heavy atom. The second-order valence-electron chi connectivity index (χ2n) is 13.2. The SMILES string of the molecule is COc1ccc2c(C(=O)O)c(C(=O)N3CCN(C(=O)[C@@H](NC(=O)[C@H](C)N(C)C(=O)OC(C)(C)C)C4CCCCC4)CC3)n(C)c2c1. The van der Waals surface area contributed by atoms with E-state index in [0.717, 1.165) is 32.1 Å². The minimum atomic E-state index is -1.20. The number of aryl methyl sites for hydroxylation is 1. The predicted molar refractivity (Wildman–Crippen MR) is 171 cm³/mol. The number of carboxylic acids is 1. The molecule has 4 amide bonds. The zero-order valence-corrected chi connectivity index (χ0v) is 27.9. The molecule has 252 valence electrons. The Morgan fingerprint density at radius 1 is 1.00 bits per heavy atom. The summed E-state index contributed by atoms with van der Waals surface area (Å²) in [6.45, 7) is 7.72. The van der Waals surface area contributed by atoms with Crippen LogP contribution in [0, 0.1) is 5.92 Å². The average molecular weight is 642 g/mol. The van der Waals surface area contributed by atoms with Crippen LogP contribution in [0.2, 0.25) is 0 Å². The van der Waals surface area contributed by atoms with E-state index in [0.29, 0.717) is 16.7 Å². The topological polar surface area (TPSA) is 151 Å². The molecule has 1 saturated carbocycles. The molecule has 2 atom stereocenters. The molecular formula is C33H47N5O8. The maximum Gasteiger partial charge on any atom is 0.410 e. The monoisotopic (exact) mass is 641 g/mol. The number of fused-ring (bicyclic) bond motifs is 1. The van der Waals surface area contributed by atoms with E-state index in [1.807, 2.05) is 0 Å². The number of rotatable bonds is 8. The van der Waals surface area contributed by atoms with Gasteiger partial charge in [-0.2, -0.15) is 0 Å². The van der Waals surface area contributed by atoms with Crippen molar-refractivity contribution < 1.29 is 38.6 Å². The van der Waals surface area contributed by atoms with Gasteiger partial charge in [0.25, 0.3) is 5.91 Å². The number of aromatic carboxylic acids is 1. The van der Waals surface area contributed by atoms with Crippen molar-refractivity contribution in [2.24, 2.45) is 13.0 Å². The van der Waals surface area contributed by atoms with Gasteiger partial charge in [-0.05, 0) is 58.6 Å². The fourth-order valence-electron chi connectivity index (χ4n) is 6.28. The molecular weight excluding hydrogens is 594 g/mol. The maximum atomic E-state index is 14.0. The molecule has 4 rings (SSSR count). The Bertz CT molecular complexity index is 1480. The minimum Gasteiger partial charge on any atom is -0.497 e. The van der Waals surface area contributed by atoms with E-state index in [4.69, 9.17) is 9.47 Å². The molecule has 0 radical (unpaired) electrons. The summed E-state index contributed by atoms with van der Waals surface area (Å²) in [7, 11) is 4.66. The van der Waals surface area contributed by atoms with E-state index in [1.54, 1.807) is 67.3 Å². The van der Waals surface area contributed by atoms with E-state index < -0.39 is 41.6 Å². The van der Waals surface area contributed by atoms with E-state index >= 15 is 0 Å². The van der Waals surface area contributed by atoms with Crippen LogP contribution in [-0.4, -0.2) is 112 Å². The van der Waals surface area contributed by atoms with Crippen LogP contribution in [0.1, 0.15) is 80.6 Å². The quantitative estimate of drug-likeness (QED) is 0.445. The molecule has 1 aliphatic heterocycles. The molecule has 2 fully saturated rings. The van der Waals surface area contributed by atoms with Gasteiger partial charge in [-0.3, -0.25) is 19.3 Å². The second-order valence-corrected chi connectivity index (χ2v) is 13.2. The number of hydrogen-bond acceptors (Lipinski definition) is 7. The van der Waals surface area contributed by atoms with Crippen molar-refractivity contribution in [2.75, 3.05) is 40.3 Å². The van der Waals surface area contributed by atoms with Crippen LogP contribution >= 0.6 is 0 Å². The van der Waals surface area contributed by atoms with Crippen LogP contribution < -0.4 is 10.1 Å². The van der Waals surface area contributed by atoms with Gasteiger partial charge in [0.2, 0.25) is 11.8 Å². The highest BCUT2D eigenvalue weighted by Crippen LogP contribution is 2.31. The number of aromatic nitrogens is 1. The first-order valence-electron chi connectivity index (χ1n) is 15.9. The number of hydrogen-bond donors (Lipinski definition) is 2. The number of carboxylic acid groups (broad SMARTS) is 1. The normalized spacial score (nSPS) is 17.3. The van der Waals surface area contributed by atoms with Crippen LogP contribution in [0.25, 0.3) is 10.9 Å². The summed E-state index contributed by atoms with van der Waals surface area (Å²) >= 11 is 0. The third kappa shape index (κ3) is 7.39. The lowest BCUT2D eigenvalue weighted by molar-refractivity contribution is -0.140. The molecule has 2 heterocycles. The number of nitrogens with zero attached hydrogens (tertiary/aromatic N) is 4. The summed E-state index contributed by atoms with van der Waals surface area (Å²) in [4.78, 5) is 70.5. The Balaban J connectivity index is 1.48. The molecule has 1 saturated heterocycles. The fourth-order valence-corrected chi connectivity index (χ4v) is 6.28. The van der Waals surface area contributed by atoms with Gasteiger partial charge in [0.1, 0.15) is 29.1 Å². The fraction of sp³-hybridized carbons (Fsp3) is 0.606. The van der Waals surface area contributed by atoms with Gasteiger partial charge in [0, 0.05) is 51.7 Å². The standard InChI is InChI=1S/C33H47N5O8/c1-20(35(5)32(44)46-33(2,3)4)28(39)34-26(21-11-9-8-10-12-21)29(40)37-15-17-38(18-16-37)30(41)27-25(31(42)43)23-14-13-22(45-7)19-24(23)36(27)6/h13-14,19-21,26H,8-12,15-18H2,1-7H3,(H,34,39)(H,42,43)/t20-,26-/m0/s1. The lowest BCUT2D eigenvalue weighted by atomic mass is 9.83. The van der Waals surface area contributed by atoms with E-state index in [2.05, 4.69) is 5.32 Å². The van der Waals surface area contributed by atoms with Crippen LogP contribution in [0.15, 0.2) is 18.2 Å². The van der Waals surface area contributed by atoms with Gasteiger partial charge in [-0.25, -0.2) is 9.59 Å². The number of likely N-dealkylation sites (N-methyl/N-ethyl adjacent to an activating group) is 1. The Labute approximate surface area is 269 Å². The largest absolute Gasteiger partial charge is 0.497 e. The minimum absolute atomic E-state index is 0.0465. The van der Waals surface area contributed by atoms with E-state index in [1.165, 1.54) is 19.1 Å². The summed E-state index contributed by atoms with van der Waals surface area (Å²) < 4.78 is 12.3. The summed E-state index contributed by atoms with van der Waals surface area (Å²) in [5.74, 6) is -1.80. The lowest BCUT2D eigenvalue weighted by Crippen LogP contribution is -2.60. The molecule has 1 aliphatic carbocycles. The smallest absolute Gasteiger partial charge is 0.410 e. The van der Waals surface area contributed by atoms with Gasteiger partial charge in [0.05, 0.1) is 18.2 Å². The Kier molecular flexibility index (Phi) is 10.5. The highest BCUT2D eigenvalue weighted by Gasteiger charge is 2.38. The third-order valence-corrected chi connectivity index (χ3v) is 9.03. The summed E-state index contributed by atoms with van der Waals surface area (Å²) in [5.41, 5.74) is -0.172. The molecule has 1 aromatic heterocycles. The highest BCUT2D eigenvalue weighted by atomic mass is 16.6. The Morgan fingerprint density at radius 3 is 2.17 bits per heavy atom. The van der Waals surface area contributed by atoms with Crippen molar-refractivity contribution in [2.45, 2.75) is 77.5 Å². The number of piperazine rings is 1. The van der Waals surface area contributed by atoms with Gasteiger partial charge in [-0.15, -0.1) is 0 Å². The summed E-state index contributed by atoms with van der Waals surface area (Å²) in [6, 6.07) is 3.35. The number of amides is 4. The number of ether oxygens (including phenoxy) is 2. The van der Waals surface area contributed by atoms with Crippen LogP contribution in [0.5, 0.6) is 5.75 Å². The molecule has 0 unspecified atom stereocenters. The van der Waals surface area contributed by atoms with Crippen molar-refractivity contribution >= 4 is 40.7 Å². The molecule has 13 heteroatoms. The van der Waals surface area contributed by atoms with Crippen molar-refractivity contribution in [3.63, 3.8) is 0 Å². The number of benzene rings is 1. The van der Waals surface area contributed by atoms with Gasteiger partial charge in [0.15, 0.2) is 0 Å². The number of carbonyl (C=O) groups is 5. The number of methoxy groups -OCH3 is 1. The number of nitrogens with one attached hydrogen (secondary N) is 1. The lowest BCUT2D eigenvalue weighted by Gasteiger charge is -2.39. The van der Waals surface area contributed by atoms with Crippen LogP contribution in [-0.2, 0) is 21.4 Å². The predicted octanol–water partition coefficient (Wildman–Crippen LogP) is 3.49. The molecule has 2 aromatic rings. The van der Waals surface area contributed by atoms with Crippen LogP contribution in [0.4, 0.5) is 4.79 Å². The zero-order valence-electron chi connectivity index (χ0n) is 27.9. The molecule has 1 aromatic carbocycles. The average Bonchev–Trinajstić information content (AvgIpc) is 3.33. The number of carbonyl (C=O) groups excluding carboxylic acids is 4. The highest BCUT2D eigenvalue weighted by molar-refractivity contribution is 6.14. The van der Waals surface area contributed by atoms with Crippen LogP contribution in [0.3, 0.4) is 0 Å². The molecule has 2 aliphatic rings. The van der Waals surface area contributed by atoms with Crippen molar-refractivity contribution in [3.05, 3.63) is 29.5 Å². The first-order valence-corrected chi connectivity index (χ1v) is 15.9. The van der Waals surface area contributed by atoms with Gasteiger partial charge in [-0.1, -0.05) is 19.3 Å². The summed E-state index contributed by atoms with van der Waals surface area (Å²) in [5, 5.41) is 13.4. The maximum absolute atomic E-state index is 14.0. The van der Waals surface area contributed by atoms with E-state index in [9.17, 15) is 29.1 Å². The van der Waals surface area contributed by atoms with Crippen molar-refractivity contribution in [1.82, 2.24) is 24.6 Å². The molecule has 13 nitrogen and oxygen atoms in total. The Hall–Kier alpha value is -4.29. The molecule has 2 N–H and O–H groups in total. The zero-order chi connectivity index (χ0) is 33.9. The van der Waals surface area contributed by atoms with Gasteiger partial charge < -0.3 is 34.3 Å². The summed E-state index contributed by atoms with van der Waals surface area (Å²) in [6.07, 6.45) is 3.96. The molecule has 0 bridgehead atoms. The third-order valence-electron chi connectivity index (χ3n) is 9.03. The van der Waals surface area contributed by atoms with Crippen molar-refractivity contribution in [1.29, 1.82) is 0 Å². The van der Waals surface area contributed by atoms with E-state index in [-0.39, 0.29) is 49.3 Å². The first kappa shape index (κ1) is 34.6. The molecule has 46 heavy (non-hydrogen) atoms. The second kappa shape index (κ2) is 14.0.